The Morgan fingerprint density at radius 1 is 1.27 bits per heavy atom. The molecule has 0 radical (unpaired) electrons. The zero-order chi connectivity index (χ0) is 19.3. The molecule has 0 aliphatic carbocycles. The number of rotatable bonds is 7. The number of amides is 1. The van der Waals surface area contributed by atoms with Crippen LogP contribution in [0.25, 0.3) is 0 Å². The molecule has 26 heavy (non-hydrogen) atoms. The minimum Gasteiger partial charge on any atom is -0.396 e. The molecule has 7 heteroatoms. The maximum absolute atomic E-state index is 12.7. The lowest BCUT2D eigenvalue weighted by atomic mass is 9.87. The van der Waals surface area contributed by atoms with Crippen molar-refractivity contribution in [1.82, 2.24) is 9.80 Å². The van der Waals surface area contributed by atoms with Crippen LogP contribution in [0.2, 0.25) is 0 Å². The van der Waals surface area contributed by atoms with Gasteiger partial charge in [-0.25, -0.2) is 8.42 Å². The van der Waals surface area contributed by atoms with Gasteiger partial charge >= 0.3 is 0 Å². The van der Waals surface area contributed by atoms with Crippen LogP contribution in [0, 0.1) is 5.92 Å². The molecule has 0 spiro atoms. The van der Waals surface area contributed by atoms with Crippen LogP contribution < -0.4 is 0 Å². The van der Waals surface area contributed by atoms with E-state index in [1.807, 2.05) is 4.90 Å². The zero-order valence-corrected chi connectivity index (χ0v) is 16.7. The van der Waals surface area contributed by atoms with Crippen LogP contribution in [-0.4, -0.2) is 75.3 Å². The van der Waals surface area contributed by atoms with E-state index in [4.69, 9.17) is 5.11 Å². The second-order valence-electron chi connectivity index (χ2n) is 7.38. The van der Waals surface area contributed by atoms with Crippen molar-refractivity contribution in [1.29, 1.82) is 0 Å². The topological polar surface area (TPSA) is 77.9 Å². The SMILES string of the molecule is CN(C)[C@@H]1CCN(C(=O)Cc2ccc(S(C)(=O)=O)cc2)C[C@@H]1CCCO. The van der Waals surface area contributed by atoms with Gasteiger partial charge in [-0.15, -0.1) is 0 Å². The van der Waals surface area contributed by atoms with Crippen LogP contribution in [0.4, 0.5) is 0 Å². The average molecular weight is 383 g/mol. The summed E-state index contributed by atoms with van der Waals surface area (Å²) in [5.41, 5.74) is 0.823. The van der Waals surface area contributed by atoms with E-state index in [9.17, 15) is 13.2 Å². The van der Waals surface area contributed by atoms with E-state index in [-0.39, 0.29) is 23.8 Å². The van der Waals surface area contributed by atoms with Crippen molar-refractivity contribution >= 4 is 15.7 Å². The quantitative estimate of drug-likeness (QED) is 0.766. The van der Waals surface area contributed by atoms with E-state index in [1.165, 1.54) is 6.26 Å². The number of likely N-dealkylation sites (tertiary alicyclic amines) is 1. The van der Waals surface area contributed by atoms with Crippen molar-refractivity contribution in [2.75, 3.05) is 40.0 Å². The first kappa shape index (κ1) is 20.9. The molecule has 1 aliphatic rings. The van der Waals surface area contributed by atoms with Gasteiger partial charge in [0.05, 0.1) is 11.3 Å². The van der Waals surface area contributed by atoms with Gasteiger partial charge in [0.25, 0.3) is 0 Å². The summed E-state index contributed by atoms with van der Waals surface area (Å²) in [4.78, 5) is 17.1. The Morgan fingerprint density at radius 2 is 1.92 bits per heavy atom. The van der Waals surface area contributed by atoms with E-state index < -0.39 is 9.84 Å². The number of carbonyl (C=O) groups excluding carboxylic acids is 1. The normalized spacial score (nSPS) is 21.2. The second kappa shape index (κ2) is 8.97. The van der Waals surface area contributed by atoms with Gasteiger partial charge in [0.2, 0.25) is 5.91 Å². The van der Waals surface area contributed by atoms with E-state index in [2.05, 4.69) is 19.0 Å². The van der Waals surface area contributed by atoms with Gasteiger partial charge in [-0.05, 0) is 57.0 Å². The van der Waals surface area contributed by atoms with Crippen LogP contribution in [-0.2, 0) is 21.1 Å². The molecule has 1 aromatic rings. The van der Waals surface area contributed by atoms with Gasteiger partial charge in [0.1, 0.15) is 0 Å². The molecular weight excluding hydrogens is 352 g/mol. The Hall–Kier alpha value is -1.44. The summed E-state index contributed by atoms with van der Waals surface area (Å²) in [6.45, 7) is 1.62. The van der Waals surface area contributed by atoms with E-state index >= 15 is 0 Å². The van der Waals surface area contributed by atoms with Gasteiger partial charge < -0.3 is 14.9 Å². The van der Waals surface area contributed by atoms with E-state index in [1.54, 1.807) is 24.3 Å². The zero-order valence-electron chi connectivity index (χ0n) is 15.9. The number of sulfone groups is 1. The van der Waals surface area contributed by atoms with E-state index in [0.29, 0.717) is 18.5 Å². The van der Waals surface area contributed by atoms with Crippen LogP contribution in [0.3, 0.4) is 0 Å². The molecular formula is C19H30N2O4S. The highest BCUT2D eigenvalue weighted by molar-refractivity contribution is 7.90. The highest BCUT2D eigenvalue weighted by Gasteiger charge is 2.32. The van der Waals surface area contributed by atoms with Crippen LogP contribution >= 0.6 is 0 Å². The van der Waals surface area contributed by atoms with Crippen LogP contribution in [0.15, 0.2) is 29.2 Å². The summed E-state index contributed by atoms with van der Waals surface area (Å²) >= 11 is 0. The minimum atomic E-state index is -3.22. The summed E-state index contributed by atoms with van der Waals surface area (Å²) in [5, 5.41) is 9.13. The maximum Gasteiger partial charge on any atom is 0.227 e. The van der Waals surface area contributed by atoms with E-state index in [0.717, 1.165) is 31.4 Å². The number of aliphatic hydroxyl groups is 1. The monoisotopic (exact) mass is 382 g/mol. The molecule has 1 aromatic carbocycles. The molecule has 0 saturated carbocycles. The highest BCUT2D eigenvalue weighted by Crippen LogP contribution is 2.25. The number of hydrogen-bond acceptors (Lipinski definition) is 5. The maximum atomic E-state index is 12.7. The number of benzene rings is 1. The number of aliphatic hydroxyl groups excluding tert-OH is 1. The lowest BCUT2D eigenvalue weighted by Crippen LogP contribution is -2.51. The molecule has 146 valence electrons. The molecule has 1 heterocycles. The summed E-state index contributed by atoms with van der Waals surface area (Å²) in [7, 11) is 0.914. The molecule has 1 saturated heterocycles. The number of nitrogens with zero attached hydrogens (tertiary/aromatic N) is 2. The lowest BCUT2D eigenvalue weighted by Gasteiger charge is -2.41. The molecule has 2 atom stereocenters. The van der Waals surface area contributed by atoms with Crippen molar-refractivity contribution in [3.05, 3.63) is 29.8 Å². The number of hydrogen-bond donors (Lipinski definition) is 1. The third kappa shape index (κ3) is 5.53. The second-order valence-corrected chi connectivity index (χ2v) is 9.39. The van der Waals surface area contributed by atoms with Gasteiger partial charge in [0.15, 0.2) is 9.84 Å². The first-order valence-electron chi connectivity index (χ1n) is 9.06. The van der Waals surface area contributed by atoms with Gasteiger partial charge in [0, 0.05) is 32.0 Å². The van der Waals surface area contributed by atoms with Crippen molar-refractivity contribution < 1.29 is 18.3 Å². The van der Waals surface area contributed by atoms with Crippen LogP contribution in [0.5, 0.6) is 0 Å². The first-order chi connectivity index (χ1) is 12.2. The standard InChI is InChI=1S/C19H30N2O4S/c1-20(2)18-10-11-21(14-16(18)5-4-12-22)19(23)13-15-6-8-17(9-7-15)26(3,24)25/h6-9,16,18,22H,4-5,10-14H2,1-3H3/t16-,18+/m0/s1. The van der Waals surface area contributed by atoms with Crippen molar-refractivity contribution in [2.45, 2.75) is 36.6 Å². The molecule has 1 fully saturated rings. The smallest absolute Gasteiger partial charge is 0.227 e. The third-order valence-corrected chi connectivity index (χ3v) is 6.28. The average Bonchev–Trinajstić information content (AvgIpc) is 2.59. The highest BCUT2D eigenvalue weighted by atomic mass is 32.2. The Balaban J connectivity index is 2.00. The lowest BCUT2D eigenvalue weighted by molar-refractivity contribution is -0.133. The number of carbonyl (C=O) groups is 1. The third-order valence-electron chi connectivity index (χ3n) is 5.15. The Kier molecular flexibility index (Phi) is 7.20. The summed E-state index contributed by atoms with van der Waals surface area (Å²) < 4.78 is 23.0. The first-order valence-corrected chi connectivity index (χ1v) is 11.0. The Bertz CT molecular complexity index is 701. The molecule has 0 unspecified atom stereocenters. The molecule has 1 amide bonds. The molecule has 6 nitrogen and oxygen atoms in total. The fourth-order valence-corrected chi connectivity index (χ4v) is 4.33. The summed E-state index contributed by atoms with van der Waals surface area (Å²) in [6.07, 6.45) is 4.05. The van der Waals surface area contributed by atoms with Crippen LogP contribution in [0.1, 0.15) is 24.8 Å². The Labute approximate surface area is 156 Å². The predicted molar refractivity (Wildman–Crippen MR) is 102 cm³/mol. The fraction of sp³-hybridized carbons (Fsp3) is 0.632. The molecule has 0 aromatic heterocycles. The largest absolute Gasteiger partial charge is 0.396 e. The molecule has 2 rings (SSSR count). The Morgan fingerprint density at radius 3 is 2.46 bits per heavy atom. The van der Waals surface area contributed by atoms with Crippen molar-refractivity contribution in [3.8, 4) is 0 Å². The fourth-order valence-electron chi connectivity index (χ4n) is 3.70. The number of piperidine rings is 1. The molecule has 1 aliphatic heterocycles. The van der Waals surface area contributed by atoms with Gasteiger partial charge in [-0.2, -0.15) is 0 Å². The van der Waals surface area contributed by atoms with Crippen molar-refractivity contribution in [2.24, 2.45) is 5.92 Å². The van der Waals surface area contributed by atoms with Crippen molar-refractivity contribution in [3.63, 3.8) is 0 Å². The summed E-state index contributed by atoms with van der Waals surface area (Å²) in [5.74, 6) is 0.436. The van der Waals surface area contributed by atoms with Gasteiger partial charge in [-0.3, -0.25) is 4.79 Å². The minimum absolute atomic E-state index is 0.0725. The summed E-state index contributed by atoms with van der Waals surface area (Å²) in [6, 6.07) is 6.97. The molecule has 1 N–H and O–H groups in total. The molecule has 0 bridgehead atoms. The predicted octanol–water partition coefficient (Wildman–Crippen LogP) is 1.18. The van der Waals surface area contributed by atoms with Gasteiger partial charge in [-0.1, -0.05) is 12.1 Å².